The highest BCUT2D eigenvalue weighted by Gasteiger charge is 2.22. The zero-order chi connectivity index (χ0) is 21.4. The van der Waals surface area contributed by atoms with Crippen LogP contribution in [0.4, 0.5) is 0 Å². The molecule has 9 heteroatoms. The third kappa shape index (κ3) is 3.98. The molecule has 1 fully saturated rings. The minimum atomic E-state index is 0.109. The van der Waals surface area contributed by atoms with E-state index >= 15 is 0 Å². The Morgan fingerprint density at radius 2 is 2.07 bits per heavy atom. The molecule has 0 aliphatic carbocycles. The standard InChI is InChI=1S/C21H25ClN6OS/c1-12-6-8-27(9-7-12)17(29)11-30-21-24-20-18(14(3)25-26-20)19(23)28(21)15-4-5-16(22)13(2)10-15/h4-5,10,12,23H,6-9,11H2,1-3H3,(H,25,26). The number of aromatic amines is 1. The van der Waals surface area contributed by atoms with Crippen LogP contribution in [-0.4, -0.2) is 49.4 Å². The molecule has 0 spiro atoms. The maximum absolute atomic E-state index is 12.8. The molecule has 2 aromatic heterocycles. The number of likely N-dealkylation sites (tertiary alicyclic amines) is 1. The van der Waals surface area contributed by atoms with E-state index in [0.29, 0.717) is 27.1 Å². The fourth-order valence-electron chi connectivity index (χ4n) is 3.71. The monoisotopic (exact) mass is 444 g/mol. The van der Waals surface area contributed by atoms with E-state index in [1.165, 1.54) is 11.8 Å². The zero-order valence-electron chi connectivity index (χ0n) is 17.3. The smallest absolute Gasteiger partial charge is 0.233 e. The highest BCUT2D eigenvalue weighted by molar-refractivity contribution is 7.99. The molecular formula is C21H25ClN6OS. The predicted octanol–water partition coefficient (Wildman–Crippen LogP) is 3.85. The number of hydrogen-bond acceptors (Lipinski definition) is 5. The maximum atomic E-state index is 12.8. The van der Waals surface area contributed by atoms with E-state index < -0.39 is 0 Å². The first-order chi connectivity index (χ1) is 14.3. The van der Waals surface area contributed by atoms with Crippen LogP contribution in [0.25, 0.3) is 16.7 Å². The van der Waals surface area contributed by atoms with Gasteiger partial charge in [0.1, 0.15) is 5.49 Å². The van der Waals surface area contributed by atoms with E-state index in [9.17, 15) is 4.79 Å². The molecule has 0 unspecified atom stereocenters. The van der Waals surface area contributed by atoms with Gasteiger partial charge in [0.15, 0.2) is 10.8 Å². The van der Waals surface area contributed by atoms with E-state index in [4.69, 9.17) is 17.0 Å². The van der Waals surface area contributed by atoms with E-state index in [2.05, 4.69) is 22.1 Å². The summed E-state index contributed by atoms with van der Waals surface area (Å²) in [5.41, 5.74) is 3.27. The summed E-state index contributed by atoms with van der Waals surface area (Å²) < 4.78 is 1.77. The van der Waals surface area contributed by atoms with Crippen molar-refractivity contribution in [3.05, 3.63) is 40.0 Å². The van der Waals surface area contributed by atoms with Crippen molar-refractivity contribution in [1.29, 1.82) is 5.41 Å². The number of carbonyl (C=O) groups excluding carboxylic acids is 1. The number of hydrogen-bond donors (Lipinski definition) is 2. The number of thioether (sulfide) groups is 1. The SMILES string of the molecule is Cc1cc(-n2c(SCC(=O)N3CCC(C)CC3)nc3n[nH]c(C)c3c2=N)ccc1Cl. The molecule has 0 saturated carbocycles. The van der Waals surface area contributed by atoms with Gasteiger partial charge < -0.3 is 4.90 Å². The number of piperidine rings is 1. The highest BCUT2D eigenvalue weighted by atomic mass is 35.5. The third-order valence-electron chi connectivity index (χ3n) is 5.64. The van der Waals surface area contributed by atoms with Crippen LogP contribution in [0.15, 0.2) is 23.4 Å². The number of H-pyrrole nitrogens is 1. The minimum absolute atomic E-state index is 0.109. The van der Waals surface area contributed by atoms with Crippen molar-refractivity contribution in [2.45, 2.75) is 38.8 Å². The van der Waals surface area contributed by atoms with Gasteiger partial charge in [0.25, 0.3) is 0 Å². The van der Waals surface area contributed by atoms with Gasteiger partial charge >= 0.3 is 0 Å². The number of carbonyl (C=O) groups is 1. The first-order valence-corrected chi connectivity index (χ1v) is 11.4. The molecule has 30 heavy (non-hydrogen) atoms. The maximum Gasteiger partial charge on any atom is 0.233 e. The van der Waals surface area contributed by atoms with E-state index in [0.717, 1.165) is 42.9 Å². The molecule has 0 atom stereocenters. The van der Waals surface area contributed by atoms with Crippen molar-refractivity contribution in [1.82, 2.24) is 24.6 Å². The molecule has 1 aliphatic heterocycles. The lowest BCUT2D eigenvalue weighted by Gasteiger charge is -2.30. The van der Waals surface area contributed by atoms with Gasteiger partial charge in [0.2, 0.25) is 5.91 Å². The fraction of sp³-hybridized carbons (Fsp3) is 0.429. The summed E-state index contributed by atoms with van der Waals surface area (Å²) in [5, 5.41) is 17.9. The molecule has 3 aromatic rings. The van der Waals surface area contributed by atoms with Crippen LogP contribution in [0.2, 0.25) is 5.02 Å². The Bertz CT molecular complexity index is 1160. The summed E-state index contributed by atoms with van der Waals surface area (Å²) in [6.45, 7) is 7.66. The van der Waals surface area contributed by atoms with Gasteiger partial charge in [0.05, 0.1) is 11.1 Å². The Morgan fingerprint density at radius 3 is 2.77 bits per heavy atom. The van der Waals surface area contributed by atoms with Crippen LogP contribution in [0.3, 0.4) is 0 Å². The number of amides is 1. The number of benzene rings is 1. The molecule has 1 amide bonds. The summed E-state index contributed by atoms with van der Waals surface area (Å²) in [7, 11) is 0. The van der Waals surface area contributed by atoms with Crippen molar-refractivity contribution < 1.29 is 4.79 Å². The summed E-state index contributed by atoms with van der Waals surface area (Å²) in [4.78, 5) is 19.4. The van der Waals surface area contributed by atoms with Crippen molar-refractivity contribution >= 4 is 40.3 Å². The molecule has 4 rings (SSSR count). The number of nitrogens with zero attached hydrogens (tertiary/aromatic N) is 4. The molecule has 158 valence electrons. The van der Waals surface area contributed by atoms with Crippen molar-refractivity contribution in [2.75, 3.05) is 18.8 Å². The highest BCUT2D eigenvalue weighted by Crippen LogP contribution is 2.25. The molecule has 3 heterocycles. The largest absolute Gasteiger partial charge is 0.342 e. The minimum Gasteiger partial charge on any atom is -0.342 e. The second kappa shape index (κ2) is 8.43. The fourth-order valence-corrected chi connectivity index (χ4v) is 4.74. The van der Waals surface area contributed by atoms with Gasteiger partial charge in [-0.1, -0.05) is 30.3 Å². The van der Waals surface area contributed by atoms with Crippen LogP contribution in [0, 0.1) is 25.2 Å². The Morgan fingerprint density at radius 1 is 1.33 bits per heavy atom. The number of rotatable bonds is 4. The van der Waals surface area contributed by atoms with Crippen molar-refractivity contribution in [2.24, 2.45) is 5.92 Å². The Kier molecular flexibility index (Phi) is 5.88. The second-order valence-electron chi connectivity index (χ2n) is 7.91. The van der Waals surface area contributed by atoms with E-state index in [1.54, 1.807) is 4.57 Å². The third-order valence-corrected chi connectivity index (χ3v) is 6.99. The molecular weight excluding hydrogens is 420 g/mol. The summed E-state index contributed by atoms with van der Waals surface area (Å²) >= 11 is 7.55. The first kappa shape index (κ1) is 20.9. The molecule has 1 aromatic carbocycles. The number of aromatic nitrogens is 4. The van der Waals surface area contributed by atoms with E-state index in [-0.39, 0.29) is 17.1 Å². The molecule has 0 bridgehead atoms. The van der Waals surface area contributed by atoms with Crippen LogP contribution in [-0.2, 0) is 4.79 Å². The van der Waals surface area contributed by atoms with Gasteiger partial charge in [-0.25, -0.2) is 4.98 Å². The second-order valence-corrected chi connectivity index (χ2v) is 9.26. The van der Waals surface area contributed by atoms with Gasteiger partial charge in [-0.2, -0.15) is 5.10 Å². The van der Waals surface area contributed by atoms with Gasteiger partial charge in [-0.15, -0.1) is 0 Å². The molecule has 0 radical (unpaired) electrons. The number of nitrogens with one attached hydrogen (secondary N) is 2. The molecule has 1 aliphatic rings. The topological polar surface area (TPSA) is 90.7 Å². The van der Waals surface area contributed by atoms with Crippen LogP contribution in [0.5, 0.6) is 0 Å². The summed E-state index contributed by atoms with van der Waals surface area (Å²) in [5.74, 6) is 1.06. The number of fused-ring (bicyclic) bond motifs is 1. The summed E-state index contributed by atoms with van der Waals surface area (Å²) in [6.07, 6.45) is 2.10. The zero-order valence-corrected chi connectivity index (χ0v) is 18.9. The van der Waals surface area contributed by atoms with Gasteiger partial charge in [-0.3, -0.25) is 19.9 Å². The summed E-state index contributed by atoms with van der Waals surface area (Å²) in [6, 6.07) is 5.62. The van der Waals surface area contributed by atoms with Gasteiger partial charge in [-0.05, 0) is 56.4 Å². The average molecular weight is 445 g/mol. The Hall–Kier alpha value is -2.32. The molecule has 2 N–H and O–H groups in total. The van der Waals surface area contributed by atoms with Crippen LogP contribution in [0.1, 0.15) is 31.0 Å². The van der Waals surface area contributed by atoms with Crippen molar-refractivity contribution in [3.8, 4) is 5.69 Å². The van der Waals surface area contributed by atoms with E-state index in [1.807, 2.05) is 36.9 Å². The molecule has 1 saturated heterocycles. The van der Waals surface area contributed by atoms with Crippen LogP contribution < -0.4 is 5.49 Å². The Labute approximate surface area is 184 Å². The predicted molar refractivity (Wildman–Crippen MR) is 119 cm³/mol. The Balaban J connectivity index is 1.70. The van der Waals surface area contributed by atoms with Crippen LogP contribution >= 0.6 is 23.4 Å². The quantitative estimate of drug-likeness (QED) is 0.472. The van der Waals surface area contributed by atoms with Crippen molar-refractivity contribution in [3.63, 3.8) is 0 Å². The first-order valence-electron chi connectivity index (χ1n) is 10.0. The lowest BCUT2D eigenvalue weighted by Crippen LogP contribution is -2.39. The lowest BCUT2D eigenvalue weighted by atomic mass is 9.99. The lowest BCUT2D eigenvalue weighted by molar-refractivity contribution is -0.129. The number of aryl methyl sites for hydroxylation is 2. The molecule has 7 nitrogen and oxygen atoms in total. The normalized spacial score (nSPS) is 15.1. The number of halogens is 1. The van der Waals surface area contributed by atoms with Gasteiger partial charge in [0, 0.05) is 29.5 Å². The average Bonchev–Trinajstić information content (AvgIpc) is 3.10.